The highest BCUT2D eigenvalue weighted by Gasteiger charge is 2.39. The normalized spacial score (nSPS) is 18.5. The lowest BCUT2D eigenvalue weighted by molar-refractivity contribution is -0.137. The Morgan fingerprint density at radius 2 is 2.23 bits per heavy atom. The quantitative estimate of drug-likeness (QED) is 0.593. The second-order valence-corrected chi connectivity index (χ2v) is 4.03. The highest BCUT2D eigenvalue weighted by atomic mass is 16.4. The summed E-state index contributed by atoms with van der Waals surface area (Å²) in [7, 11) is 0. The molecule has 3 heteroatoms. The van der Waals surface area contributed by atoms with E-state index in [0.717, 1.165) is 19.5 Å². The van der Waals surface area contributed by atoms with Crippen molar-refractivity contribution in [3.63, 3.8) is 0 Å². The first-order valence-corrected chi connectivity index (χ1v) is 5.11. The number of carboxylic acids is 1. The van der Waals surface area contributed by atoms with Gasteiger partial charge in [0.05, 0.1) is 0 Å². The lowest BCUT2D eigenvalue weighted by Crippen LogP contribution is -2.24. The molecule has 1 aliphatic carbocycles. The van der Waals surface area contributed by atoms with Gasteiger partial charge < -0.3 is 10.4 Å². The minimum absolute atomic E-state index is 0.284. The van der Waals surface area contributed by atoms with Gasteiger partial charge in [-0.25, -0.2) is 0 Å². The van der Waals surface area contributed by atoms with E-state index in [2.05, 4.69) is 12.2 Å². The van der Waals surface area contributed by atoms with Gasteiger partial charge in [-0.3, -0.25) is 4.79 Å². The van der Waals surface area contributed by atoms with Gasteiger partial charge in [-0.2, -0.15) is 0 Å². The third kappa shape index (κ3) is 3.77. The summed E-state index contributed by atoms with van der Waals surface area (Å²) in [6.45, 7) is 4.14. The summed E-state index contributed by atoms with van der Waals surface area (Å²) < 4.78 is 0. The van der Waals surface area contributed by atoms with E-state index < -0.39 is 5.97 Å². The fourth-order valence-corrected chi connectivity index (χ4v) is 1.55. The molecule has 0 aromatic heterocycles. The van der Waals surface area contributed by atoms with Gasteiger partial charge in [0.15, 0.2) is 0 Å². The second kappa shape index (κ2) is 4.61. The molecule has 0 aromatic carbocycles. The molecule has 2 N–H and O–H groups in total. The van der Waals surface area contributed by atoms with Crippen molar-refractivity contribution in [1.82, 2.24) is 5.32 Å². The number of hydrogen-bond donors (Lipinski definition) is 2. The van der Waals surface area contributed by atoms with Crippen LogP contribution in [0.4, 0.5) is 0 Å². The molecule has 76 valence electrons. The Bertz CT molecular complexity index is 176. The van der Waals surface area contributed by atoms with Crippen molar-refractivity contribution < 1.29 is 9.90 Å². The lowest BCUT2D eigenvalue weighted by atomic mass is 10.0. The first kappa shape index (κ1) is 10.5. The molecule has 0 radical (unpaired) electrons. The van der Waals surface area contributed by atoms with Gasteiger partial charge in [0.1, 0.15) is 0 Å². The maximum Gasteiger partial charge on any atom is 0.303 e. The van der Waals surface area contributed by atoms with E-state index in [4.69, 9.17) is 5.11 Å². The van der Waals surface area contributed by atoms with Crippen LogP contribution in [0.1, 0.15) is 39.0 Å². The van der Waals surface area contributed by atoms with E-state index in [0.29, 0.717) is 5.41 Å². The second-order valence-electron chi connectivity index (χ2n) is 4.03. The summed E-state index contributed by atoms with van der Waals surface area (Å²) in [5.74, 6) is -0.696. The van der Waals surface area contributed by atoms with Gasteiger partial charge in [-0.1, -0.05) is 6.92 Å². The van der Waals surface area contributed by atoms with E-state index in [1.807, 2.05) is 0 Å². The van der Waals surface area contributed by atoms with Crippen LogP contribution in [0.5, 0.6) is 0 Å². The zero-order chi connectivity index (χ0) is 9.73. The molecule has 3 nitrogen and oxygen atoms in total. The van der Waals surface area contributed by atoms with Gasteiger partial charge in [0.2, 0.25) is 0 Å². The first-order valence-electron chi connectivity index (χ1n) is 5.11. The van der Waals surface area contributed by atoms with E-state index in [1.165, 1.54) is 19.3 Å². The Labute approximate surface area is 79.5 Å². The van der Waals surface area contributed by atoms with E-state index >= 15 is 0 Å². The Kier molecular flexibility index (Phi) is 3.72. The van der Waals surface area contributed by atoms with Crippen LogP contribution >= 0.6 is 0 Å². The Balaban J connectivity index is 1.92. The first-order chi connectivity index (χ1) is 6.18. The van der Waals surface area contributed by atoms with Crippen LogP contribution in [0.2, 0.25) is 0 Å². The zero-order valence-electron chi connectivity index (χ0n) is 8.31. The fraction of sp³-hybridized carbons (Fsp3) is 0.900. The smallest absolute Gasteiger partial charge is 0.303 e. The van der Waals surface area contributed by atoms with Crippen molar-refractivity contribution >= 4 is 5.97 Å². The van der Waals surface area contributed by atoms with Crippen molar-refractivity contribution in [3.05, 3.63) is 0 Å². The molecule has 1 fully saturated rings. The van der Waals surface area contributed by atoms with Crippen LogP contribution in [0.15, 0.2) is 0 Å². The van der Waals surface area contributed by atoms with E-state index in [1.54, 1.807) is 0 Å². The SMILES string of the molecule is CCC1(CNCCCC(=O)O)CC1. The molecule has 0 bridgehead atoms. The molecule has 13 heavy (non-hydrogen) atoms. The molecule has 0 aliphatic heterocycles. The minimum Gasteiger partial charge on any atom is -0.481 e. The fourth-order valence-electron chi connectivity index (χ4n) is 1.55. The molecule has 1 saturated carbocycles. The highest BCUT2D eigenvalue weighted by molar-refractivity contribution is 5.66. The minimum atomic E-state index is -0.696. The number of nitrogens with one attached hydrogen (secondary N) is 1. The van der Waals surface area contributed by atoms with Gasteiger partial charge >= 0.3 is 5.97 Å². The lowest BCUT2D eigenvalue weighted by Gasteiger charge is -2.12. The molecule has 1 rings (SSSR count). The zero-order valence-corrected chi connectivity index (χ0v) is 8.31. The van der Waals surface area contributed by atoms with Crippen molar-refractivity contribution in [2.24, 2.45) is 5.41 Å². The van der Waals surface area contributed by atoms with E-state index in [-0.39, 0.29) is 6.42 Å². The number of hydrogen-bond acceptors (Lipinski definition) is 2. The largest absolute Gasteiger partial charge is 0.481 e. The van der Waals surface area contributed by atoms with Gasteiger partial charge in [0, 0.05) is 13.0 Å². The van der Waals surface area contributed by atoms with Crippen molar-refractivity contribution in [1.29, 1.82) is 0 Å². The van der Waals surface area contributed by atoms with Gasteiger partial charge in [-0.05, 0) is 37.6 Å². The molecule has 0 amide bonds. The van der Waals surface area contributed by atoms with Crippen LogP contribution in [0.25, 0.3) is 0 Å². The van der Waals surface area contributed by atoms with Crippen LogP contribution < -0.4 is 5.32 Å². The van der Waals surface area contributed by atoms with Crippen LogP contribution in [-0.4, -0.2) is 24.2 Å². The third-order valence-corrected chi connectivity index (χ3v) is 2.95. The monoisotopic (exact) mass is 185 g/mol. The molecule has 0 unspecified atom stereocenters. The average Bonchev–Trinajstić information content (AvgIpc) is 2.84. The topological polar surface area (TPSA) is 49.3 Å². The van der Waals surface area contributed by atoms with Gasteiger partial charge in [0.25, 0.3) is 0 Å². The van der Waals surface area contributed by atoms with Crippen molar-refractivity contribution in [2.45, 2.75) is 39.0 Å². The summed E-state index contributed by atoms with van der Waals surface area (Å²) in [6.07, 6.45) is 4.96. The third-order valence-electron chi connectivity index (χ3n) is 2.95. The number of aliphatic carboxylic acids is 1. The Morgan fingerprint density at radius 3 is 2.69 bits per heavy atom. The summed E-state index contributed by atoms with van der Waals surface area (Å²) in [5, 5.41) is 11.7. The standard InChI is InChI=1S/C10H19NO2/c1-2-10(5-6-10)8-11-7-3-4-9(12)13/h11H,2-8H2,1H3,(H,12,13). The average molecular weight is 185 g/mol. The number of rotatable bonds is 7. The molecular weight excluding hydrogens is 166 g/mol. The summed E-state index contributed by atoms with van der Waals surface area (Å²) >= 11 is 0. The maximum absolute atomic E-state index is 10.2. The Hall–Kier alpha value is -0.570. The van der Waals surface area contributed by atoms with Crippen LogP contribution in [0.3, 0.4) is 0 Å². The maximum atomic E-state index is 10.2. The van der Waals surface area contributed by atoms with Gasteiger partial charge in [-0.15, -0.1) is 0 Å². The predicted octanol–water partition coefficient (Wildman–Crippen LogP) is 1.63. The molecule has 1 aliphatic rings. The van der Waals surface area contributed by atoms with Crippen LogP contribution in [-0.2, 0) is 4.79 Å². The predicted molar refractivity (Wildman–Crippen MR) is 51.7 cm³/mol. The summed E-state index contributed by atoms with van der Waals surface area (Å²) in [4.78, 5) is 10.2. The molecule has 0 spiro atoms. The Morgan fingerprint density at radius 1 is 1.54 bits per heavy atom. The molecule has 0 saturated heterocycles. The molecule has 0 aromatic rings. The van der Waals surface area contributed by atoms with E-state index in [9.17, 15) is 4.79 Å². The summed E-state index contributed by atoms with van der Waals surface area (Å²) in [6, 6.07) is 0. The van der Waals surface area contributed by atoms with Crippen molar-refractivity contribution in [3.8, 4) is 0 Å². The summed E-state index contributed by atoms with van der Waals surface area (Å²) in [5.41, 5.74) is 0.573. The van der Waals surface area contributed by atoms with Crippen LogP contribution in [0, 0.1) is 5.41 Å². The number of carboxylic acid groups (broad SMARTS) is 1. The van der Waals surface area contributed by atoms with Crippen molar-refractivity contribution in [2.75, 3.05) is 13.1 Å². The number of carbonyl (C=O) groups is 1. The molecule has 0 heterocycles. The highest BCUT2D eigenvalue weighted by Crippen LogP contribution is 2.47. The molecule has 0 atom stereocenters. The molecular formula is C10H19NO2.